The van der Waals surface area contributed by atoms with E-state index < -0.39 is 17.7 Å². The Bertz CT molecular complexity index is 979. The van der Waals surface area contributed by atoms with E-state index in [1.54, 1.807) is 13.0 Å². The van der Waals surface area contributed by atoms with E-state index in [1.807, 2.05) is 6.92 Å². The standard InChI is InChI=1S/C30H46O8/c1-17(9-12-31)36-26-29(4,33)38-24-15-27(2)19(14-23(24)37-26)5-6-22-21(27)7-10-28(3)20(8-11-30(22,28)34)18-13-25(32)35-16-18/h13,17,19-24,26,31,33-34H,5-12,14-16H2,1-4H3/t17?,19-,20?,21?,22-,23?,24?,26?,27?,28?,29?,30?/m0/s1. The van der Waals surface area contributed by atoms with Crippen molar-refractivity contribution in [3.05, 3.63) is 11.6 Å². The van der Waals surface area contributed by atoms with Gasteiger partial charge in [-0.1, -0.05) is 13.8 Å². The van der Waals surface area contributed by atoms with E-state index in [1.165, 1.54) is 0 Å². The minimum absolute atomic E-state index is 0.0117. The van der Waals surface area contributed by atoms with Gasteiger partial charge in [-0.3, -0.25) is 0 Å². The lowest BCUT2D eigenvalue weighted by Gasteiger charge is -2.65. The SMILES string of the molecule is CC(CCO)OC1OC2C[C@@H]3CC[C@H]4C(CCC5(C)C(C6=CC(=O)OC6)CCC45O)C3(C)CC2OC1(C)O. The molecule has 4 aliphatic carbocycles. The molecule has 8 heteroatoms. The maximum atomic E-state index is 12.5. The zero-order valence-electron chi connectivity index (χ0n) is 23.4. The molecule has 0 radical (unpaired) electrons. The van der Waals surface area contributed by atoms with Crippen molar-refractivity contribution in [2.24, 2.45) is 34.5 Å². The molecule has 0 aromatic carbocycles. The minimum Gasteiger partial charge on any atom is -0.458 e. The van der Waals surface area contributed by atoms with Gasteiger partial charge in [-0.15, -0.1) is 0 Å². The average molecular weight is 535 g/mol. The van der Waals surface area contributed by atoms with Gasteiger partial charge in [0, 0.05) is 18.1 Å². The lowest BCUT2D eigenvalue weighted by Crippen LogP contribution is -2.66. The van der Waals surface area contributed by atoms with Crippen molar-refractivity contribution in [1.82, 2.24) is 0 Å². The Morgan fingerprint density at radius 1 is 1.08 bits per heavy atom. The second kappa shape index (κ2) is 9.25. The molecule has 12 atom stereocenters. The van der Waals surface area contributed by atoms with E-state index >= 15 is 0 Å². The molecule has 6 aliphatic rings. The quantitative estimate of drug-likeness (QED) is 0.460. The van der Waals surface area contributed by atoms with Gasteiger partial charge >= 0.3 is 5.97 Å². The number of carbonyl (C=O) groups is 1. The number of hydrogen-bond donors (Lipinski definition) is 3. The number of fused-ring (bicyclic) bond motifs is 6. The molecule has 8 nitrogen and oxygen atoms in total. The van der Waals surface area contributed by atoms with Gasteiger partial charge in [-0.25, -0.2) is 4.79 Å². The van der Waals surface area contributed by atoms with Crippen LogP contribution in [-0.2, 0) is 23.7 Å². The monoisotopic (exact) mass is 534 g/mol. The molecule has 3 N–H and O–H groups in total. The van der Waals surface area contributed by atoms with Crippen LogP contribution in [0.5, 0.6) is 0 Å². The van der Waals surface area contributed by atoms with E-state index in [4.69, 9.17) is 18.9 Å². The highest BCUT2D eigenvalue weighted by molar-refractivity contribution is 5.85. The third-order valence-electron chi connectivity index (χ3n) is 12.0. The Balaban J connectivity index is 1.22. The summed E-state index contributed by atoms with van der Waals surface area (Å²) in [6.07, 6.45) is 7.98. The lowest BCUT2D eigenvalue weighted by atomic mass is 9.43. The number of rotatable bonds is 5. The zero-order chi connectivity index (χ0) is 27.1. The van der Waals surface area contributed by atoms with Gasteiger partial charge in [0.25, 0.3) is 0 Å². The van der Waals surface area contributed by atoms with Crippen LogP contribution in [0.15, 0.2) is 11.6 Å². The molecule has 2 aliphatic heterocycles. The molecular weight excluding hydrogens is 488 g/mol. The average Bonchev–Trinajstić information content (AvgIpc) is 3.38. The highest BCUT2D eigenvalue weighted by Gasteiger charge is 2.69. The molecule has 2 heterocycles. The highest BCUT2D eigenvalue weighted by atomic mass is 16.8. The second-order valence-corrected chi connectivity index (χ2v) is 13.9. The fraction of sp³-hybridized carbons (Fsp3) is 0.900. The number of carbonyl (C=O) groups excluding carboxylic acids is 1. The van der Waals surface area contributed by atoms with Gasteiger partial charge in [0.05, 0.1) is 23.9 Å². The van der Waals surface area contributed by atoms with E-state index in [0.717, 1.165) is 56.9 Å². The molecule has 5 fully saturated rings. The molecule has 0 bridgehead atoms. The van der Waals surface area contributed by atoms with Crippen LogP contribution < -0.4 is 0 Å². The first-order chi connectivity index (χ1) is 17.9. The summed E-state index contributed by atoms with van der Waals surface area (Å²) in [5, 5.41) is 32.9. The van der Waals surface area contributed by atoms with Gasteiger partial charge in [-0.2, -0.15) is 0 Å². The van der Waals surface area contributed by atoms with Crippen molar-refractivity contribution in [3.63, 3.8) is 0 Å². The molecule has 38 heavy (non-hydrogen) atoms. The van der Waals surface area contributed by atoms with Crippen LogP contribution in [0.25, 0.3) is 0 Å². The fourth-order valence-electron chi connectivity index (χ4n) is 9.92. The van der Waals surface area contributed by atoms with E-state index in [9.17, 15) is 20.1 Å². The largest absolute Gasteiger partial charge is 0.458 e. The fourth-order valence-corrected chi connectivity index (χ4v) is 9.92. The van der Waals surface area contributed by atoms with Gasteiger partial charge in [-0.05, 0) is 106 Å². The topological polar surface area (TPSA) is 115 Å². The number of aliphatic hydroxyl groups excluding tert-OH is 1. The summed E-state index contributed by atoms with van der Waals surface area (Å²) in [6.45, 7) is 8.50. The van der Waals surface area contributed by atoms with E-state index in [-0.39, 0.29) is 53.6 Å². The van der Waals surface area contributed by atoms with Gasteiger partial charge in [0.1, 0.15) is 6.61 Å². The van der Waals surface area contributed by atoms with Crippen LogP contribution in [0.3, 0.4) is 0 Å². The molecular formula is C30H46O8. The molecule has 0 aromatic rings. The third-order valence-corrected chi connectivity index (χ3v) is 12.0. The van der Waals surface area contributed by atoms with E-state index in [0.29, 0.717) is 24.9 Å². The first-order valence-corrected chi connectivity index (χ1v) is 14.8. The number of esters is 1. The Morgan fingerprint density at radius 2 is 1.87 bits per heavy atom. The van der Waals surface area contributed by atoms with Crippen molar-refractivity contribution >= 4 is 5.97 Å². The van der Waals surface area contributed by atoms with Crippen LogP contribution >= 0.6 is 0 Å². The Hall–Kier alpha value is -1.03. The van der Waals surface area contributed by atoms with Crippen molar-refractivity contribution in [2.45, 2.75) is 121 Å². The Kier molecular flexibility index (Phi) is 6.61. The molecule has 0 spiro atoms. The Morgan fingerprint density at radius 3 is 2.58 bits per heavy atom. The summed E-state index contributed by atoms with van der Waals surface area (Å²) < 4.78 is 23.9. The molecule has 10 unspecified atom stereocenters. The molecule has 4 saturated carbocycles. The predicted octanol–water partition coefficient (Wildman–Crippen LogP) is 3.46. The van der Waals surface area contributed by atoms with Gasteiger partial charge < -0.3 is 34.3 Å². The molecule has 1 saturated heterocycles. The van der Waals surface area contributed by atoms with Gasteiger partial charge in [0.2, 0.25) is 12.1 Å². The van der Waals surface area contributed by atoms with Crippen LogP contribution in [0.1, 0.15) is 85.5 Å². The van der Waals surface area contributed by atoms with Crippen molar-refractivity contribution in [1.29, 1.82) is 0 Å². The second-order valence-electron chi connectivity index (χ2n) is 13.9. The molecule has 0 amide bonds. The smallest absolute Gasteiger partial charge is 0.331 e. The van der Waals surface area contributed by atoms with Crippen molar-refractivity contribution in [3.8, 4) is 0 Å². The summed E-state index contributed by atoms with van der Waals surface area (Å²) in [5.41, 5.74) is 0.0442. The first kappa shape index (κ1) is 27.2. The summed E-state index contributed by atoms with van der Waals surface area (Å²) in [4.78, 5) is 11.8. The highest BCUT2D eigenvalue weighted by Crippen LogP contribution is 2.70. The molecule has 6 rings (SSSR count). The van der Waals surface area contributed by atoms with Crippen molar-refractivity contribution < 1.29 is 39.1 Å². The van der Waals surface area contributed by atoms with Crippen molar-refractivity contribution in [2.75, 3.05) is 13.2 Å². The molecule has 214 valence electrons. The zero-order valence-corrected chi connectivity index (χ0v) is 23.4. The summed E-state index contributed by atoms with van der Waals surface area (Å²) >= 11 is 0. The lowest BCUT2D eigenvalue weighted by molar-refractivity contribution is -0.417. The van der Waals surface area contributed by atoms with E-state index in [2.05, 4.69) is 13.8 Å². The first-order valence-electron chi connectivity index (χ1n) is 14.8. The summed E-state index contributed by atoms with van der Waals surface area (Å²) in [5.74, 6) is -0.584. The minimum atomic E-state index is -1.57. The Labute approximate surface area is 226 Å². The maximum Gasteiger partial charge on any atom is 0.331 e. The molecule has 0 aromatic heterocycles. The predicted molar refractivity (Wildman–Crippen MR) is 138 cm³/mol. The normalized spacial score (nSPS) is 52.8. The maximum absolute atomic E-state index is 12.5. The van der Waals surface area contributed by atoms with Crippen LogP contribution in [0.4, 0.5) is 0 Å². The van der Waals surface area contributed by atoms with Crippen LogP contribution in [0.2, 0.25) is 0 Å². The number of hydrogen-bond acceptors (Lipinski definition) is 8. The number of cyclic esters (lactones) is 1. The number of ether oxygens (including phenoxy) is 4. The van der Waals surface area contributed by atoms with Crippen LogP contribution in [-0.4, -0.2) is 70.5 Å². The van der Waals surface area contributed by atoms with Gasteiger partial charge in [0.15, 0.2) is 0 Å². The summed E-state index contributed by atoms with van der Waals surface area (Å²) in [7, 11) is 0. The van der Waals surface area contributed by atoms with Crippen LogP contribution in [0, 0.1) is 34.5 Å². The summed E-state index contributed by atoms with van der Waals surface area (Å²) in [6, 6.07) is 0. The third kappa shape index (κ3) is 3.96. The number of aliphatic hydroxyl groups is 3.